The summed E-state index contributed by atoms with van der Waals surface area (Å²) < 4.78 is 16.5. The van der Waals surface area contributed by atoms with E-state index in [-0.39, 0.29) is 30.3 Å². The number of phenolic OH excluding ortho intramolecular Hbond substituents is 1. The van der Waals surface area contributed by atoms with Crippen LogP contribution in [0.2, 0.25) is 0 Å². The third kappa shape index (κ3) is 7.13. The second kappa shape index (κ2) is 12.3. The van der Waals surface area contributed by atoms with Crippen molar-refractivity contribution in [2.45, 2.75) is 89.9 Å². The quantitative estimate of drug-likeness (QED) is 0.184. The number of hydrogen-bond acceptors (Lipinski definition) is 10. The Kier molecular flexibility index (Phi) is 9.74. The van der Waals surface area contributed by atoms with E-state index >= 15 is 0 Å². The molecule has 0 aromatic heterocycles. The Bertz CT molecular complexity index is 1100. The van der Waals surface area contributed by atoms with E-state index in [2.05, 4.69) is 0 Å². The topological polar surface area (TPSA) is 163 Å². The maximum atomic E-state index is 12.2. The van der Waals surface area contributed by atoms with E-state index in [1.807, 2.05) is 20.8 Å². The van der Waals surface area contributed by atoms with Gasteiger partial charge in [0.05, 0.1) is 11.7 Å². The van der Waals surface area contributed by atoms with Crippen LogP contribution in [0.4, 0.5) is 0 Å². The minimum atomic E-state index is -1.62. The average Bonchev–Trinajstić information content (AvgIpc) is 2.86. The van der Waals surface area contributed by atoms with E-state index in [4.69, 9.17) is 14.2 Å². The predicted octanol–water partition coefficient (Wildman–Crippen LogP) is 1.78. The molecule has 1 aliphatic carbocycles. The van der Waals surface area contributed by atoms with Crippen LogP contribution in [0.25, 0.3) is 6.08 Å². The third-order valence-electron chi connectivity index (χ3n) is 7.68. The molecule has 2 fully saturated rings. The van der Waals surface area contributed by atoms with Crippen LogP contribution in [0.5, 0.6) is 5.75 Å². The van der Waals surface area contributed by atoms with Gasteiger partial charge in [-0.05, 0) is 43.0 Å². The number of ether oxygens (including phenoxy) is 3. The predicted molar refractivity (Wildman–Crippen MR) is 141 cm³/mol. The molecule has 0 spiro atoms. The second-order valence-electron chi connectivity index (χ2n) is 11.3. The van der Waals surface area contributed by atoms with E-state index in [1.165, 1.54) is 12.1 Å². The number of ketones is 1. The van der Waals surface area contributed by atoms with Crippen molar-refractivity contribution in [3.63, 3.8) is 0 Å². The number of Topliss-reactive ketones (excluding diaryl/α,β-unsaturated/α-hetero) is 1. The molecule has 1 aliphatic heterocycles. The van der Waals surface area contributed by atoms with Crippen LogP contribution in [0.1, 0.15) is 51.7 Å². The summed E-state index contributed by atoms with van der Waals surface area (Å²) >= 11 is 0. The highest BCUT2D eigenvalue weighted by molar-refractivity contribution is 5.87. The van der Waals surface area contributed by atoms with Crippen molar-refractivity contribution in [1.29, 1.82) is 0 Å². The minimum Gasteiger partial charge on any atom is -0.508 e. The van der Waals surface area contributed by atoms with Crippen molar-refractivity contribution < 1.29 is 49.3 Å². The monoisotopic (exact) mass is 548 g/mol. The first-order chi connectivity index (χ1) is 18.1. The number of phenols is 1. The highest BCUT2D eigenvalue weighted by Gasteiger charge is 2.51. The fraction of sp³-hybridized carbons (Fsp3) is 0.586. The molecule has 10 nitrogen and oxygen atoms in total. The maximum absolute atomic E-state index is 12.2. The van der Waals surface area contributed by atoms with Crippen LogP contribution >= 0.6 is 0 Å². The van der Waals surface area contributed by atoms with Crippen molar-refractivity contribution in [1.82, 2.24) is 0 Å². The molecule has 0 radical (unpaired) electrons. The van der Waals surface area contributed by atoms with Crippen LogP contribution in [0, 0.1) is 18.3 Å². The summed E-state index contributed by atoms with van der Waals surface area (Å²) in [5.74, 6) is -0.863. The SMILES string of the molecule is Cc1ccc(/C=C/C(=O)OCC2OC(O[C@H](C)/C=C/[C@@]3(O)[C@H](C)CC(=O)CC3(C)C)C(O)C(O)C2O)cc1O. The molecule has 5 unspecified atom stereocenters. The van der Waals surface area contributed by atoms with Crippen molar-refractivity contribution in [2.75, 3.05) is 6.61 Å². The maximum Gasteiger partial charge on any atom is 0.330 e. The first-order valence-electron chi connectivity index (χ1n) is 13.1. The molecule has 1 saturated carbocycles. The van der Waals surface area contributed by atoms with Gasteiger partial charge in [0.25, 0.3) is 0 Å². The van der Waals surface area contributed by atoms with Gasteiger partial charge >= 0.3 is 5.97 Å². The van der Waals surface area contributed by atoms with Gasteiger partial charge in [-0.1, -0.05) is 45.1 Å². The third-order valence-corrected chi connectivity index (χ3v) is 7.68. The Morgan fingerprint density at radius 3 is 2.54 bits per heavy atom. The molecule has 1 aromatic carbocycles. The van der Waals surface area contributed by atoms with Crippen molar-refractivity contribution in [3.8, 4) is 5.75 Å². The molecule has 216 valence electrons. The summed E-state index contributed by atoms with van der Waals surface area (Å²) in [7, 11) is 0. The standard InChI is InChI=1S/C29H40O10/c1-16-6-7-19(13-21(16)31)8-9-23(32)37-15-22-24(33)25(34)26(35)27(39-22)38-18(3)10-11-29(36)17(2)12-20(30)14-28(29,4)5/h6-11,13,17-18,22,24-27,31,33-36H,12,14-15H2,1-5H3/b9-8+,11-10+/t17-,18-,22?,24?,25?,26?,27?,29-/m1/s1. The number of benzene rings is 1. The Hall–Kier alpha value is -2.60. The van der Waals surface area contributed by atoms with Gasteiger partial charge < -0.3 is 39.7 Å². The molecule has 1 heterocycles. The van der Waals surface area contributed by atoms with Crippen LogP contribution in [0.3, 0.4) is 0 Å². The number of aliphatic hydroxyl groups is 4. The number of esters is 1. The Labute approximate surface area is 228 Å². The van der Waals surface area contributed by atoms with Gasteiger partial charge in [0.2, 0.25) is 0 Å². The Morgan fingerprint density at radius 1 is 1.21 bits per heavy atom. The molecule has 1 aromatic rings. The van der Waals surface area contributed by atoms with Gasteiger partial charge in [0.15, 0.2) is 6.29 Å². The number of aliphatic hydroxyl groups excluding tert-OH is 3. The number of rotatable bonds is 8. The zero-order valence-corrected chi connectivity index (χ0v) is 23.0. The van der Waals surface area contributed by atoms with E-state index < -0.39 is 60.4 Å². The lowest BCUT2D eigenvalue weighted by Gasteiger charge is -2.48. The number of aromatic hydroxyl groups is 1. The zero-order valence-electron chi connectivity index (χ0n) is 23.0. The van der Waals surface area contributed by atoms with Gasteiger partial charge in [-0.15, -0.1) is 0 Å². The molecule has 5 N–H and O–H groups in total. The summed E-state index contributed by atoms with van der Waals surface area (Å²) in [5, 5.41) is 52.2. The second-order valence-corrected chi connectivity index (χ2v) is 11.3. The minimum absolute atomic E-state index is 0.0909. The van der Waals surface area contributed by atoms with Gasteiger partial charge in [-0.2, -0.15) is 0 Å². The normalized spacial score (nSPS) is 33.9. The van der Waals surface area contributed by atoms with Gasteiger partial charge in [0.1, 0.15) is 42.6 Å². The fourth-order valence-electron chi connectivity index (χ4n) is 5.07. The summed E-state index contributed by atoms with van der Waals surface area (Å²) in [4.78, 5) is 24.2. The lowest BCUT2D eigenvalue weighted by molar-refractivity contribution is -0.306. The fourth-order valence-corrected chi connectivity index (χ4v) is 5.07. The Morgan fingerprint density at radius 2 is 1.90 bits per heavy atom. The molecule has 0 amide bonds. The highest BCUT2D eigenvalue weighted by Crippen LogP contribution is 2.46. The van der Waals surface area contributed by atoms with Crippen LogP contribution in [-0.2, 0) is 23.8 Å². The van der Waals surface area contributed by atoms with E-state index in [9.17, 15) is 35.1 Å². The molecule has 3 rings (SSSR count). The molecule has 0 bridgehead atoms. The summed E-state index contributed by atoms with van der Waals surface area (Å²) in [6.07, 6.45) is -1.66. The number of carbonyl (C=O) groups excluding carboxylic acids is 2. The highest BCUT2D eigenvalue weighted by atomic mass is 16.7. The first kappa shape index (κ1) is 30.9. The molecular formula is C29H40O10. The van der Waals surface area contributed by atoms with E-state index in [0.29, 0.717) is 11.1 Å². The molecule has 39 heavy (non-hydrogen) atoms. The lowest BCUT2D eigenvalue weighted by Crippen LogP contribution is -2.59. The van der Waals surface area contributed by atoms with Gasteiger partial charge in [0, 0.05) is 24.3 Å². The first-order valence-corrected chi connectivity index (χ1v) is 13.1. The van der Waals surface area contributed by atoms with Crippen LogP contribution < -0.4 is 0 Å². The lowest BCUT2D eigenvalue weighted by atomic mass is 9.60. The number of hydrogen-bond donors (Lipinski definition) is 5. The van der Waals surface area contributed by atoms with Crippen molar-refractivity contribution in [2.24, 2.45) is 11.3 Å². The largest absolute Gasteiger partial charge is 0.508 e. The molecular weight excluding hydrogens is 508 g/mol. The zero-order chi connectivity index (χ0) is 29.1. The Balaban J connectivity index is 1.60. The van der Waals surface area contributed by atoms with Crippen molar-refractivity contribution >= 4 is 17.8 Å². The van der Waals surface area contributed by atoms with Gasteiger partial charge in [-0.3, -0.25) is 4.79 Å². The van der Waals surface area contributed by atoms with E-state index in [1.54, 1.807) is 38.1 Å². The number of carbonyl (C=O) groups is 2. The summed E-state index contributed by atoms with van der Waals surface area (Å²) in [6.45, 7) is 8.45. The average molecular weight is 549 g/mol. The molecule has 2 aliphatic rings. The van der Waals surface area contributed by atoms with Gasteiger partial charge in [-0.25, -0.2) is 4.79 Å². The van der Waals surface area contributed by atoms with Crippen LogP contribution in [0.15, 0.2) is 36.4 Å². The summed E-state index contributed by atoms with van der Waals surface area (Å²) in [5.41, 5.74) is -0.676. The van der Waals surface area contributed by atoms with E-state index in [0.717, 1.165) is 6.08 Å². The molecule has 8 atom stereocenters. The molecule has 1 saturated heterocycles. The smallest absolute Gasteiger partial charge is 0.330 e. The van der Waals surface area contributed by atoms with Crippen molar-refractivity contribution in [3.05, 3.63) is 47.6 Å². The molecule has 10 heteroatoms. The van der Waals surface area contributed by atoms with Crippen LogP contribution in [-0.4, -0.2) is 86.3 Å². The summed E-state index contributed by atoms with van der Waals surface area (Å²) in [6, 6.07) is 4.92. The number of aryl methyl sites for hydroxylation is 1.